The van der Waals surface area contributed by atoms with E-state index in [1.807, 2.05) is 32.2 Å². The number of benzene rings is 1. The van der Waals surface area contributed by atoms with Crippen molar-refractivity contribution in [2.45, 2.75) is 13.8 Å². The maximum Gasteiger partial charge on any atom is 0.244 e. The van der Waals surface area contributed by atoms with Crippen LogP contribution in [-0.4, -0.2) is 29.0 Å². The molecule has 1 aromatic rings. The highest BCUT2D eigenvalue weighted by atomic mass is 79.9. The molecule has 0 N–H and O–H groups in total. The van der Waals surface area contributed by atoms with E-state index in [0.29, 0.717) is 30.4 Å². The van der Waals surface area contributed by atoms with E-state index in [1.165, 1.54) is 11.8 Å². The Morgan fingerprint density at radius 1 is 1.32 bits per heavy atom. The highest BCUT2D eigenvalue weighted by molar-refractivity contribution is 9.10. The van der Waals surface area contributed by atoms with Crippen molar-refractivity contribution in [3.05, 3.63) is 27.9 Å². The monoisotopic (exact) mass is 401 g/mol. The van der Waals surface area contributed by atoms with Crippen LogP contribution in [-0.2, 0) is 4.79 Å². The molecule has 2 rings (SSSR count). The molecule has 7 heteroatoms. The van der Waals surface area contributed by atoms with Crippen molar-refractivity contribution in [2.24, 2.45) is 4.99 Å². The van der Waals surface area contributed by atoms with Crippen LogP contribution >= 0.6 is 39.5 Å². The third kappa shape index (κ3) is 4.08. The lowest BCUT2D eigenvalue weighted by Gasteiger charge is -2.13. The maximum atomic E-state index is 11.9. The zero-order valence-corrected chi connectivity index (χ0v) is 15.7. The molecule has 0 aromatic heterocycles. The van der Waals surface area contributed by atoms with Gasteiger partial charge in [0.15, 0.2) is 11.5 Å². The van der Waals surface area contributed by atoms with Crippen LogP contribution in [0.2, 0.25) is 0 Å². The molecule has 4 nitrogen and oxygen atoms in total. The SMILES string of the molecule is CCOc1cc(/C=C2\N=C(SC)SC2=O)cc(Br)c1OCC. The van der Waals surface area contributed by atoms with E-state index in [4.69, 9.17) is 9.47 Å². The van der Waals surface area contributed by atoms with Crippen molar-refractivity contribution in [1.29, 1.82) is 0 Å². The molecule has 22 heavy (non-hydrogen) atoms. The molecule has 0 spiro atoms. The Balaban J connectivity index is 2.40. The van der Waals surface area contributed by atoms with Gasteiger partial charge in [0.05, 0.1) is 17.7 Å². The number of rotatable bonds is 5. The van der Waals surface area contributed by atoms with E-state index in [-0.39, 0.29) is 5.12 Å². The first-order valence-corrected chi connectivity index (χ1v) is 9.58. The number of ether oxygens (including phenoxy) is 2. The van der Waals surface area contributed by atoms with E-state index < -0.39 is 0 Å². The minimum atomic E-state index is -0.0349. The minimum Gasteiger partial charge on any atom is -0.490 e. The van der Waals surface area contributed by atoms with E-state index in [1.54, 1.807) is 6.08 Å². The number of carbonyl (C=O) groups excluding carboxylic acids is 1. The first kappa shape index (κ1) is 17.4. The largest absolute Gasteiger partial charge is 0.490 e. The molecule has 0 radical (unpaired) electrons. The van der Waals surface area contributed by atoms with Gasteiger partial charge in [0.25, 0.3) is 0 Å². The van der Waals surface area contributed by atoms with Crippen LogP contribution in [0.4, 0.5) is 0 Å². The molecular formula is C15H16BrNO3S2. The van der Waals surface area contributed by atoms with Gasteiger partial charge in [0.1, 0.15) is 10.1 Å². The highest BCUT2D eigenvalue weighted by Crippen LogP contribution is 2.38. The van der Waals surface area contributed by atoms with Crippen LogP contribution in [0.3, 0.4) is 0 Å². The topological polar surface area (TPSA) is 47.9 Å². The molecule has 0 saturated carbocycles. The number of nitrogens with zero attached hydrogens (tertiary/aromatic N) is 1. The van der Waals surface area contributed by atoms with Crippen molar-refractivity contribution < 1.29 is 14.3 Å². The summed E-state index contributed by atoms with van der Waals surface area (Å²) in [7, 11) is 0. The van der Waals surface area contributed by atoms with Crippen LogP contribution < -0.4 is 9.47 Å². The zero-order chi connectivity index (χ0) is 16.1. The molecule has 0 atom stereocenters. The molecule has 0 saturated heterocycles. The fourth-order valence-corrected chi connectivity index (χ4v) is 3.69. The quantitative estimate of drug-likeness (QED) is 0.675. The summed E-state index contributed by atoms with van der Waals surface area (Å²) in [5.41, 5.74) is 1.29. The predicted octanol–water partition coefficient (Wildman–Crippen LogP) is 4.58. The fourth-order valence-electron chi connectivity index (χ4n) is 1.85. The van der Waals surface area contributed by atoms with Crippen molar-refractivity contribution in [1.82, 2.24) is 0 Å². The molecule has 0 aliphatic carbocycles. The Labute approximate surface area is 146 Å². The maximum absolute atomic E-state index is 11.9. The summed E-state index contributed by atoms with van der Waals surface area (Å²) < 4.78 is 12.8. The number of halogens is 1. The molecule has 118 valence electrons. The first-order chi connectivity index (χ1) is 10.6. The molecule has 1 aliphatic rings. The molecule has 0 fully saturated rings. The van der Waals surface area contributed by atoms with Crippen molar-refractivity contribution in [3.63, 3.8) is 0 Å². The lowest BCUT2D eigenvalue weighted by Crippen LogP contribution is -2.00. The van der Waals surface area contributed by atoms with Crippen LogP contribution in [0, 0.1) is 0 Å². The Morgan fingerprint density at radius 2 is 2.05 bits per heavy atom. The van der Waals surface area contributed by atoms with Gasteiger partial charge in [-0.05, 0) is 71.6 Å². The van der Waals surface area contributed by atoms with Gasteiger partial charge in [-0.1, -0.05) is 0 Å². The first-order valence-electron chi connectivity index (χ1n) is 6.74. The second-order valence-electron chi connectivity index (χ2n) is 4.20. The number of hydrogen-bond donors (Lipinski definition) is 0. The van der Waals surface area contributed by atoms with Crippen molar-refractivity contribution in [2.75, 3.05) is 19.5 Å². The van der Waals surface area contributed by atoms with E-state index in [0.717, 1.165) is 26.2 Å². The molecule has 1 heterocycles. The summed E-state index contributed by atoms with van der Waals surface area (Å²) in [5, 5.41) is -0.0349. The van der Waals surface area contributed by atoms with E-state index in [9.17, 15) is 4.79 Å². The summed E-state index contributed by atoms with van der Waals surface area (Å²) in [4.78, 5) is 16.2. The smallest absolute Gasteiger partial charge is 0.244 e. The Bertz CT molecular complexity index is 644. The Morgan fingerprint density at radius 3 is 2.64 bits per heavy atom. The minimum absolute atomic E-state index is 0.0349. The average Bonchev–Trinajstić information content (AvgIpc) is 2.83. The van der Waals surface area contributed by atoms with Crippen LogP contribution in [0.5, 0.6) is 11.5 Å². The van der Waals surface area contributed by atoms with Gasteiger partial charge in [0, 0.05) is 0 Å². The molecule has 0 bridgehead atoms. The summed E-state index contributed by atoms with van der Waals surface area (Å²) in [5.74, 6) is 1.32. The molecular weight excluding hydrogens is 386 g/mol. The third-order valence-corrected chi connectivity index (χ3v) is 5.14. The number of carbonyl (C=O) groups is 1. The second-order valence-corrected chi connectivity index (χ2v) is 7.07. The number of hydrogen-bond acceptors (Lipinski definition) is 6. The summed E-state index contributed by atoms with van der Waals surface area (Å²) in [6.07, 6.45) is 3.67. The van der Waals surface area contributed by atoms with Gasteiger partial charge < -0.3 is 9.47 Å². The highest BCUT2D eigenvalue weighted by Gasteiger charge is 2.21. The van der Waals surface area contributed by atoms with Crippen LogP contribution in [0.25, 0.3) is 6.08 Å². The Kier molecular flexibility index (Phi) is 6.40. The lowest BCUT2D eigenvalue weighted by atomic mass is 10.1. The van der Waals surface area contributed by atoms with E-state index >= 15 is 0 Å². The summed E-state index contributed by atoms with van der Waals surface area (Å²) >= 11 is 6.13. The van der Waals surface area contributed by atoms with Crippen molar-refractivity contribution >= 4 is 55.0 Å². The third-order valence-electron chi connectivity index (χ3n) is 2.70. The molecule has 1 aromatic carbocycles. The fraction of sp³-hybridized carbons (Fsp3) is 0.333. The van der Waals surface area contributed by atoms with Crippen molar-refractivity contribution in [3.8, 4) is 11.5 Å². The van der Waals surface area contributed by atoms with Crippen LogP contribution in [0.1, 0.15) is 19.4 Å². The summed E-state index contributed by atoms with van der Waals surface area (Å²) in [6, 6.07) is 3.75. The van der Waals surface area contributed by atoms with E-state index in [2.05, 4.69) is 20.9 Å². The van der Waals surface area contributed by atoms with Gasteiger partial charge in [-0.15, -0.1) is 11.8 Å². The average molecular weight is 402 g/mol. The van der Waals surface area contributed by atoms with Gasteiger partial charge >= 0.3 is 0 Å². The molecule has 0 unspecified atom stereocenters. The Hall–Kier alpha value is -0.920. The van der Waals surface area contributed by atoms with Gasteiger partial charge in [-0.3, -0.25) is 4.79 Å². The van der Waals surface area contributed by atoms with Gasteiger partial charge in [-0.2, -0.15) is 0 Å². The summed E-state index contributed by atoms with van der Waals surface area (Å²) in [6.45, 7) is 4.93. The number of thioether (sulfide) groups is 2. The zero-order valence-electron chi connectivity index (χ0n) is 12.5. The molecule has 0 amide bonds. The lowest BCUT2D eigenvalue weighted by molar-refractivity contribution is -0.107. The van der Waals surface area contributed by atoms with Crippen LogP contribution in [0.15, 0.2) is 27.3 Å². The normalized spacial score (nSPS) is 16.1. The predicted molar refractivity (Wildman–Crippen MR) is 98.0 cm³/mol. The van der Waals surface area contributed by atoms with Gasteiger partial charge in [-0.25, -0.2) is 4.99 Å². The second kappa shape index (κ2) is 8.08. The van der Waals surface area contributed by atoms with Gasteiger partial charge in [0.2, 0.25) is 5.12 Å². The standard InChI is InChI=1S/C15H16BrNO3S2/c1-4-19-12-8-9(6-10(16)13(12)20-5-2)7-11-14(18)22-15(17-11)21-3/h6-8H,4-5H2,1-3H3/b11-7-. The molecule has 1 aliphatic heterocycles. The number of aliphatic imine (C=N–C) groups is 1.